The molecule has 2 nitrogen and oxygen atoms in total. The van der Waals surface area contributed by atoms with E-state index in [4.69, 9.17) is 12.2 Å². The van der Waals surface area contributed by atoms with Crippen LogP contribution >= 0.6 is 24.0 Å². The van der Waals surface area contributed by atoms with Crippen molar-refractivity contribution in [1.82, 2.24) is 4.90 Å². The Morgan fingerprint density at radius 3 is 2.44 bits per heavy atom. The Balaban J connectivity index is 2.91. The molecule has 0 aromatic heterocycles. The summed E-state index contributed by atoms with van der Waals surface area (Å²) >= 11 is 6.42. The smallest absolute Gasteiger partial charge is 0.259 e. The molecule has 5 heteroatoms. The van der Waals surface area contributed by atoms with Gasteiger partial charge in [0.25, 0.3) is 5.91 Å². The lowest BCUT2D eigenvalue weighted by Gasteiger charge is -2.20. The number of amides is 1. The Morgan fingerprint density at radius 2 is 2.00 bits per heavy atom. The van der Waals surface area contributed by atoms with Crippen molar-refractivity contribution >= 4 is 34.2 Å². The van der Waals surface area contributed by atoms with Gasteiger partial charge < -0.3 is 0 Å². The van der Waals surface area contributed by atoms with Gasteiger partial charge in [0.1, 0.15) is 10.1 Å². The van der Waals surface area contributed by atoms with E-state index in [-0.39, 0.29) is 11.7 Å². The molecule has 0 fully saturated rings. The van der Waals surface area contributed by atoms with Crippen LogP contribution in [0.1, 0.15) is 17.3 Å². The Morgan fingerprint density at radius 1 is 1.44 bits per heavy atom. The number of carbonyl (C=O) groups excluding carboxylic acids is 1. The van der Waals surface area contributed by atoms with Crippen LogP contribution in [-0.2, 0) is 0 Å². The van der Waals surface area contributed by atoms with Crippen LogP contribution in [0.5, 0.6) is 0 Å². The topological polar surface area (TPSA) is 20.3 Å². The van der Waals surface area contributed by atoms with Gasteiger partial charge in [0.15, 0.2) is 0 Å². The van der Waals surface area contributed by atoms with Crippen LogP contribution in [0.4, 0.5) is 4.39 Å². The largest absolute Gasteiger partial charge is 0.294 e. The molecule has 1 rings (SSSR count). The Labute approximate surface area is 104 Å². The fraction of sp³-hybridized carbons (Fsp3) is 0.273. The number of thioether (sulfide) groups is 1. The number of halogens is 1. The first-order chi connectivity index (χ1) is 7.60. The summed E-state index contributed by atoms with van der Waals surface area (Å²) in [7, 11) is 0. The number of hydrogen-bond acceptors (Lipinski definition) is 3. The van der Waals surface area contributed by atoms with Gasteiger partial charge >= 0.3 is 0 Å². The van der Waals surface area contributed by atoms with Crippen molar-refractivity contribution in [2.45, 2.75) is 6.92 Å². The van der Waals surface area contributed by atoms with Crippen LogP contribution in [0.15, 0.2) is 24.3 Å². The fourth-order valence-electron chi connectivity index (χ4n) is 1.21. The van der Waals surface area contributed by atoms with E-state index in [9.17, 15) is 9.18 Å². The van der Waals surface area contributed by atoms with Gasteiger partial charge in [0, 0.05) is 12.1 Å². The zero-order valence-electron chi connectivity index (χ0n) is 9.07. The molecule has 0 aliphatic carbocycles. The number of thiocarbonyl (C=S) groups is 1. The molecule has 0 unspecified atom stereocenters. The maximum atomic E-state index is 12.7. The van der Waals surface area contributed by atoms with E-state index in [0.29, 0.717) is 16.4 Å². The van der Waals surface area contributed by atoms with Gasteiger partial charge in [0.2, 0.25) is 0 Å². The van der Waals surface area contributed by atoms with Crippen molar-refractivity contribution in [3.63, 3.8) is 0 Å². The van der Waals surface area contributed by atoms with Crippen LogP contribution < -0.4 is 0 Å². The van der Waals surface area contributed by atoms with Crippen LogP contribution in [0, 0.1) is 5.82 Å². The maximum Gasteiger partial charge on any atom is 0.259 e. The minimum atomic E-state index is -0.355. The third-order valence-corrected chi connectivity index (χ3v) is 3.34. The number of rotatable bonds is 2. The van der Waals surface area contributed by atoms with Crippen molar-refractivity contribution in [3.05, 3.63) is 35.6 Å². The summed E-state index contributed by atoms with van der Waals surface area (Å²) < 4.78 is 13.2. The van der Waals surface area contributed by atoms with Gasteiger partial charge in [-0.25, -0.2) is 4.39 Å². The summed E-state index contributed by atoms with van der Waals surface area (Å²) in [5.41, 5.74) is 0.444. The molecule has 0 saturated heterocycles. The van der Waals surface area contributed by atoms with Crippen molar-refractivity contribution in [2.75, 3.05) is 12.8 Å². The van der Waals surface area contributed by atoms with Gasteiger partial charge in [0.05, 0.1) is 0 Å². The zero-order valence-corrected chi connectivity index (χ0v) is 10.7. The predicted octanol–water partition coefficient (Wildman–Crippen LogP) is 2.94. The Kier molecular flexibility index (Phi) is 4.89. The number of nitrogens with zero attached hydrogens (tertiary/aromatic N) is 1. The lowest BCUT2D eigenvalue weighted by molar-refractivity contribution is 0.0858. The highest BCUT2D eigenvalue weighted by molar-refractivity contribution is 8.22. The molecule has 86 valence electrons. The minimum absolute atomic E-state index is 0.193. The fourth-order valence-corrected chi connectivity index (χ4v) is 1.86. The third-order valence-electron chi connectivity index (χ3n) is 2.05. The monoisotopic (exact) mass is 257 g/mol. The number of benzene rings is 1. The molecule has 0 bridgehead atoms. The van der Waals surface area contributed by atoms with Gasteiger partial charge in [-0.1, -0.05) is 24.0 Å². The minimum Gasteiger partial charge on any atom is -0.294 e. The first kappa shape index (κ1) is 13.1. The molecule has 1 aromatic rings. The molecular weight excluding hydrogens is 245 g/mol. The summed E-state index contributed by atoms with van der Waals surface area (Å²) in [6.07, 6.45) is 1.82. The second-order valence-corrected chi connectivity index (χ2v) is 4.47. The predicted molar refractivity (Wildman–Crippen MR) is 69.2 cm³/mol. The van der Waals surface area contributed by atoms with E-state index in [0.717, 1.165) is 0 Å². The van der Waals surface area contributed by atoms with Crippen LogP contribution in [0.2, 0.25) is 0 Å². The summed E-state index contributed by atoms with van der Waals surface area (Å²) in [6.45, 7) is 2.36. The zero-order chi connectivity index (χ0) is 12.1. The van der Waals surface area contributed by atoms with E-state index in [1.807, 2.05) is 13.2 Å². The molecule has 0 saturated carbocycles. The average Bonchev–Trinajstić information content (AvgIpc) is 2.30. The Bertz CT molecular complexity index is 391. The average molecular weight is 257 g/mol. The SMILES string of the molecule is CCN(C(=O)c1ccc(F)cc1)C(=S)SC. The highest BCUT2D eigenvalue weighted by Crippen LogP contribution is 2.11. The quantitative estimate of drug-likeness (QED) is 0.760. The second-order valence-electron chi connectivity index (χ2n) is 3.03. The van der Waals surface area contributed by atoms with E-state index in [1.165, 1.54) is 40.9 Å². The third kappa shape index (κ3) is 3.02. The van der Waals surface area contributed by atoms with Crippen molar-refractivity contribution in [2.24, 2.45) is 0 Å². The van der Waals surface area contributed by atoms with Crippen molar-refractivity contribution in [3.8, 4) is 0 Å². The molecular formula is C11H12FNOS2. The standard InChI is InChI=1S/C11H12FNOS2/c1-3-13(11(15)16-2)10(14)8-4-6-9(12)7-5-8/h4-7H,3H2,1-2H3. The van der Waals surface area contributed by atoms with E-state index in [2.05, 4.69) is 0 Å². The Hall–Kier alpha value is -0.940. The summed E-state index contributed by atoms with van der Waals surface area (Å²) in [4.78, 5) is 13.5. The molecule has 1 aromatic carbocycles. The molecule has 0 aliphatic heterocycles. The molecule has 0 atom stereocenters. The van der Waals surface area contributed by atoms with Gasteiger partial charge in [-0.3, -0.25) is 9.69 Å². The van der Waals surface area contributed by atoms with Gasteiger partial charge in [-0.05, 0) is 37.4 Å². The second kappa shape index (κ2) is 5.96. The van der Waals surface area contributed by atoms with Crippen molar-refractivity contribution < 1.29 is 9.18 Å². The first-order valence-corrected chi connectivity index (χ1v) is 6.38. The van der Waals surface area contributed by atoms with E-state index in [1.54, 1.807) is 0 Å². The van der Waals surface area contributed by atoms with Crippen LogP contribution in [0.25, 0.3) is 0 Å². The van der Waals surface area contributed by atoms with E-state index < -0.39 is 0 Å². The molecule has 1 amide bonds. The lowest BCUT2D eigenvalue weighted by atomic mass is 10.2. The number of hydrogen-bond donors (Lipinski definition) is 0. The maximum absolute atomic E-state index is 12.7. The first-order valence-electron chi connectivity index (χ1n) is 4.75. The molecule has 0 aliphatic rings. The summed E-state index contributed by atoms with van der Waals surface area (Å²) in [6, 6.07) is 5.46. The van der Waals surface area contributed by atoms with Gasteiger partial charge in [-0.2, -0.15) is 0 Å². The molecule has 0 N–H and O–H groups in total. The lowest BCUT2D eigenvalue weighted by Crippen LogP contribution is -2.33. The van der Waals surface area contributed by atoms with Crippen LogP contribution in [0.3, 0.4) is 0 Å². The van der Waals surface area contributed by atoms with Crippen LogP contribution in [-0.4, -0.2) is 27.9 Å². The van der Waals surface area contributed by atoms with Crippen molar-refractivity contribution in [1.29, 1.82) is 0 Å². The molecule has 0 heterocycles. The molecule has 16 heavy (non-hydrogen) atoms. The summed E-state index contributed by atoms with van der Waals surface area (Å²) in [5.74, 6) is -0.547. The highest BCUT2D eigenvalue weighted by Gasteiger charge is 2.17. The molecule has 0 radical (unpaired) electrons. The highest BCUT2D eigenvalue weighted by atomic mass is 32.2. The molecule has 0 spiro atoms. The normalized spacial score (nSPS) is 9.94. The van der Waals surface area contributed by atoms with Gasteiger partial charge in [-0.15, -0.1) is 0 Å². The van der Waals surface area contributed by atoms with E-state index >= 15 is 0 Å². The number of carbonyl (C=O) groups is 1. The summed E-state index contributed by atoms with van der Waals surface area (Å²) in [5, 5.41) is 0.